The summed E-state index contributed by atoms with van der Waals surface area (Å²) in [5.74, 6) is -0.746. The van der Waals surface area contributed by atoms with Crippen molar-refractivity contribution in [3.8, 4) is 0 Å². The summed E-state index contributed by atoms with van der Waals surface area (Å²) in [5, 5.41) is 0. The van der Waals surface area contributed by atoms with Crippen LogP contribution < -0.4 is 10.9 Å². The van der Waals surface area contributed by atoms with E-state index < -0.39 is 15.7 Å². The SMILES string of the molecule is Cc1ccc(C(=O)NNC(=O)CC2CCS(=O)(=O)C2)cc1C. The number of hydrazine groups is 1. The predicted molar refractivity (Wildman–Crippen MR) is 82.9 cm³/mol. The summed E-state index contributed by atoms with van der Waals surface area (Å²) in [5.41, 5.74) is 7.23. The zero-order chi connectivity index (χ0) is 16.3. The second-order valence-corrected chi connectivity index (χ2v) is 8.00. The van der Waals surface area contributed by atoms with Gasteiger partial charge in [-0.05, 0) is 49.4 Å². The van der Waals surface area contributed by atoms with Crippen LogP contribution in [0.5, 0.6) is 0 Å². The highest BCUT2D eigenvalue weighted by atomic mass is 32.2. The molecule has 0 bridgehead atoms. The molecule has 1 atom stereocenters. The van der Waals surface area contributed by atoms with Crippen molar-refractivity contribution in [2.75, 3.05) is 11.5 Å². The summed E-state index contributed by atoms with van der Waals surface area (Å²) >= 11 is 0. The van der Waals surface area contributed by atoms with E-state index in [9.17, 15) is 18.0 Å². The number of amides is 2. The van der Waals surface area contributed by atoms with E-state index in [1.54, 1.807) is 12.1 Å². The molecule has 1 saturated heterocycles. The lowest BCUT2D eigenvalue weighted by Gasteiger charge is -2.10. The van der Waals surface area contributed by atoms with Crippen LogP contribution in [0.1, 0.15) is 34.3 Å². The highest BCUT2D eigenvalue weighted by Gasteiger charge is 2.29. The number of benzene rings is 1. The molecule has 1 unspecified atom stereocenters. The van der Waals surface area contributed by atoms with Crippen LogP contribution in [0.4, 0.5) is 0 Å². The Hall–Kier alpha value is -1.89. The minimum absolute atomic E-state index is 0.0471. The molecule has 0 aliphatic carbocycles. The van der Waals surface area contributed by atoms with Crippen molar-refractivity contribution in [1.29, 1.82) is 0 Å². The van der Waals surface area contributed by atoms with Gasteiger partial charge in [0, 0.05) is 12.0 Å². The van der Waals surface area contributed by atoms with E-state index in [0.717, 1.165) is 11.1 Å². The first-order chi connectivity index (χ1) is 10.3. The lowest BCUT2D eigenvalue weighted by atomic mass is 10.1. The molecule has 2 N–H and O–H groups in total. The summed E-state index contributed by atoms with van der Waals surface area (Å²) in [6.45, 7) is 3.86. The van der Waals surface area contributed by atoms with Crippen molar-refractivity contribution in [2.45, 2.75) is 26.7 Å². The zero-order valence-electron chi connectivity index (χ0n) is 12.7. The molecular weight excluding hydrogens is 304 g/mol. The normalized spacial score (nSPS) is 19.6. The van der Waals surface area contributed by atoms with Gasteiger partial charge in [0.1, 0.15) is 0 Å². The molecule has 6 nitrogen and oxygen atoms in total. The van der Waals surface area contributed by atoms with Gasteiger partial charge in [0.05, 0.1) is 11.5 Å². The molecule has 0 saturated carbocycles. The van der Waals surface area contributed by atoms with Crippen molar-refractivity contribution >= 4 is 21.7 Å². The lowest BCUT2D eigenvalue weighted by molar-refractivity contribution is -0.122. The van der Waals surface area contributed by atoms with E-state index in [4.69, 9.17) is 0 Å². The predicted octanol–water partition coefficient (Wildman–Crippen LogP) is 0.889. The Kier molecular flexibility index (Phi) is 4.85. The van der Waals surface area contributed by atoms with Crippen molar-refractivity contribution in [2.24, 2.45) is 5.92 Å². The molecule has 1 heterocycles. The number of sulfone groups is 1. The molecule has 1 aliphatic rings. The fourth-order valence-electron chi connectivity index (χ4n) is 2.43. The Morgan fingerprint density at radius 3 is 2.50 bits per heavy atom. The van der Waals surface area contributed by atoms with Gasteiger partial charge in [0.25, 0.3) is 5.91 Å². The minimum Gasteiger partial charge on any atom is -0.273 e. The standard InChI is InChI=1S/C15H20N2O4S/c1-10-3-4-13(7-11(10)2)15(19)17-16-14(18)8-12-5-6-22(20,21)9-12/h3-4,7,12H,5-6,8-9H2,1-2H3,(H,16,18)(H,17,19). The molecule has 1 aromatic rings. The van der Waals surface area contributed by atoms with Gasteiger partial charge in [0.15, 0.2) is 9.84 Å². The van der Waals surface area contributed by atoms with Gasteiger partial charge < -0.3 is 0 Å². The maximum Gasteiger partial charge on any atom is 0.269 e. The van der Waals surface area contributed by atoms with Crippen LogP contribution >= 0.6 is 0 Å². The second-order valence-electron chi connectivity index (χ2n) is 5.77. The van der Waals surface area contributed by atoms with Crippen LogP contribution in [0.2, 0.25) is 0 Å². The molecule has 22 heavy (non-hydrogen) atoms. The molecule has 1 fully saturated rings. The molecule has 7 heteroatoms. The fourth-order valence-corrected chi connectivity index (χ4v) is 4.29. The maximum absolute atomic E-state index is 11.9. The summed E-state index contributed by atoms with van der Waals surface area (Å²) in [4.78, 5) is 23.7. The third-order valence-electron chi connectivity index (χ3n) is 3.89. The maximum atomic E-state index is 11.9. The van der Waals surface area contributed by atoms with Crippen molar-refractivity contribution in [3.63, 3.8) is 0 Å². The number of hydrogen-bond acceptors (Lipinski definition) is 4. The van der Waals surface area contributed by atoms with Crippen LogP contribution in [0.3, 0.4) is 0 Å². The van der Waals surface area contributed by atoms with E-state index in [-0.39, 0.29) is 29.8 Å². The number of nitrogens with one attached hydrogen (secondary N) is 2. The van der Waals surface area contributed by atoms with Gasteiger partial charge in [-0.1, -0.05) is 6.07 Å². The highest BCUT2D eigenvalue weighted by Crippen LogP contribution is 2.21. The number of aryl methyl sites for hydroxylation is 2. The van der Waals surface area contributed by atoms with E-state index in [2.05, 4.69) is 10.9 Å². The van der Waals surface area contributed by atoms with Crippen molar-refractivity contribution in [1.82, 2.24) is 10.9 Å². The smallest absolute Gasteiger partial charge is 0.269 e. The fraction of sp³-hybridized carbons (Fsp3) is 0.467. The third-order valence-corrected chi connectivity index (χ3v) is 5.72. The summed E-state index contributed by atoms with van der Waals surface area (Å²) in [7, 11) is -2.99. The summed E-state index contributed by atoms with van der Waals surface area (Å²) in [6, 6.07) is 5.28. The van der Waals surface area contributed by atoms with Crippen LogP contribution in [0.15, 0.2) is 18.2 Å². The molecule has 0 radical (unpaired) electrons. The average molecular weight is 324 g/mol. The quantitative estimate of drug-likeness (QED) is 0.808. The lowest BCUT2D eigenvalue weighted by Crippen LogP contribution is -2.42. The molecule has 120 valence electrons. The molecule has 1 aliphatic heterocycles. The van der Waals surface area contributed by atoms with Gasteiger partial charge in [-0.25, -0.2) is 8.42 Å². The van der Waals surface area contributed by atoms with Gasteiger partial charge >= 0.3 is 0 Å². The molecule has 2 rings (SSSR count). The topological polar surface area (TPSA) is 92.3 Å². The van der Waals surface area contributed by atoms with E-state index in [1.807, 2.05) is 19.9 Å². The van der Waals surface area contributed by atoms with E-state index in [1.165, 1.54) is 0 Å². The second kappa shape index (κ2) is 6.48. The van der Waals surface area contributed by atoms with Crippen molar-refractivity contribution < 1.29 is 18.0 Å². The Labute approximate surface area is 130 Å². The average Bonchev–Trinajstić information content (AvgIpc) is 2.78. The van der Waals surface area contributed by atoms with Gasteiger partial charge in [-0.2, -0.15) is 0 Å². The molecular formula is C15H20N2O4S. The molecule has 0 spiro atoms. The minimum atomic E-state index is -2.99. The number of rotatable bonds is 3. The third kappa shape index (κ3) is 4.30. The van der Waals surface area contributed by atoms with E-state index in [0.29, 0.717) is 12.0 Å². The first-order valence-corrected chi connectivity index (χ1v) is 8.96. The largest absolute Gasteiger partial charge is 0.273 e. The Bertz CT molecular complexity index is 697. The van der Waals surface area contributed by atoms with E-state index >= 15 is 0 Å². The van der Waals surface area contributed by atoms with Crippen molar-refractivity contribution in [3.05, 3.63) is 34.9 Å². The summed E-state index contributed by atoms with van der Waals surface area (Å²) < 4.78 is 22.7. The van der Waals surface area contributed by atoms with Crippen LogP contribution in [0, 0.1) is 19.8 Å². The van der Waals surface area contributed by atoms with Crippen LogP contribution in [-0.4, -0.2) is 31.7 Å². The van der Waals surface area contributed by atoms with Gasteiger partial charge in [-0.3, -0.25) is 20.4 Å². The number of carbonyl (C=O) groups excluding carboxylic acids is 2. The Morgan fingerprint density at radius 1 is 1.18 bits per heavy atom. The van der Waals surface area contributed by atoms with Crippen LogP contribution in [-0.2, 0) is 14.6 Å². The monoisotopic (exact) mass is 324 g/mol. The molecule has 1 aromatic carbocycles. The number of carbonyl (C=O) groups is 2. The van der Waals surface area contributed by atoms with Gasteiger partial charge in [0.2, 0.25) is 5.91 Å². The number of hydrogen-bond donors (Lipinski definition) is 2. The molecule has 0 aromatic heterocycles. The first-order valence-electron chi connectivity index (χ1n) is 7.14. The Morgan fingerprint density at radius 2 is 1.91 bits per heavy atom. The zero-order valence-corrected chi connectivity index (χ0v) is 13.5. The molecule has 2 amide bonds. The first kappa shape index (κ1) is 16.5. The Balaban J connectivity index is 1.83. The summed E-state index contributed by atoms with van der Waals surface area (Å²) in [6.07, 6.45) is 0.604. The highest BCUT2D eigenvalue weighted by molar-refractivity contribution is 7.91. The van der Waals surface area contributed by atoms with Crippen LogP contribution in [0.25, 0.3) is 0 Å². The van der Waals surface area contributed by atoms with Gasteiger partial charge in [-0.15, -0.1) is 0 Å².